The zero-order valence-electron chi connectivity index (χ0n) is 11.9. The lowest BCUT2D eigenvalue weighted by molar-refractivity contribution is 0.378. The van der Waals surface area contributed by atoms with Crippen LogP contribution in [0.1, 0.15) is 30.9 Å². The summed E-state index contributed by atoms with van der Waals surface area (Å²) in [6.45, 7) is 6.39. The van der Waals surface area contributed by atoms with Crippen molar-refractivity contribution < 1.29 is 9.47 Å². The first-order valence-corrected chi connectivity index (χ1v) is 6.52. The van der Waals surface area contributed by atoms with Gasteiger partial charge in [-0.25, -0.2) is 0 Å². The first kappa shape index (κ1) is 13.5. The highest BCUT2D eigenvalue weighted by Crippen LogP contribution is 2.34. The van der Waals surface area contributed by atoms with Gasteiger partial charge < -0.3 is 9.47 Å². The molecule has 0 unspecified atom stereocenters. The minimum atomic E-state index is 0.464. The number of hydrogen-bond donors (Lipinski definition) is 0. The van der Waals surface area contributed by atoms with Crippen LogP contribution in [0.5, 0.6) is 17.2 Å². The van der Waals surface area contributed by atoms with Gasteiger partial charge in [0.15, 0.2) is 11.5 Å². The maximum absolute atomic E-state index is 5.92. The maximum Gasteiger partial charge on any atom is 0.169 e. The smallest absolute Gasteiger partial charge is 0.169 e. The van der Waals surface area contributed by atoms with E-state index in [2.05, 4.69) is 26.8 Å². The van der Waals surface area contributed by atoms with Gasteiger partial charge in [0, 0.05) is 0 Å². The van der Waals surface area contributed by atoms with E-state index in [1.807, 2.05) is 36.4 Å². The minimum Gasteiger partial charge on any atom is -0.493 e. The van der Waals surface area contributed by atoms with Crippen molar-refractivity contribution in [2.45, 2.75) is 26.7 Å². The highest BCUT2D eigenvalue weighted by Gasteiger charge is 2.09. The highest BCUT2D eigenvalue weighted by atomic mass is 16.5. The molecule has 0 aromatic heterocycles. The molecule has 0 amide bonds. The van der Waals surface area contributed by atoms with Gasteiger partial charge in [-0.3, -0.25) is 0 Å². The van der Waals surface area contributed by atoms with E-state index in [9.17, 15) is 0 Å². The summed E-state index contributed by atoms with van der Waals surface area (Å²) in [5.41, 5.74) is 2.46. The van der Waals surface area contributed by atoms with Crippen molar-refractivity contribution in [2.24, 2.45) is 0 Å². The number of ether oxygens (including phenoxy) is 2. The fourth-order valence-corrected chi connectivity index (χ4v) is 1.87. The quantitative estimate of drug-likeness (QED) is 0.773. The van der Waals surface area contributed by atoms with Gasteiger partial charge in [0.2, 0.25) is 0 Å². The van der Waals surface area contributed by atoms with Crippen LogP contribution in [0.4, 0.5) is 0 Å². The average Bonchev–Trinajstić information content (AvgIpc) is 2.41. The zero-order chi connectivity index (χ0) is 13.8. The normalized spacial score (nSPS) is 10.6. The van der Waals surface area contributed by atoms with E-state index >= 15 is 0 Å². The van der Waals surface area contributed by atoms with Gasteiger partial charge in [0.05, 0.1) is 7.11 Å². The SMILES string of the molecule is COc1ccc(C(C)C)cc1Oc1ccc(C)cc1. The Morgan fingerprint density at radius 1 is 0.895 bits per heavy atom. The molecule has 0 aliphatic carbocycles. The summed E-state index contributed by atoms with van der Waals surface area (Å²) in [5.74, 6) is 2.80. The summed E-state index contributed by atoms with van der Waals surface area (Å²) in [7, 11) is 1.66. The van der Waals surface area contributed by atoms with Gasteiger partial charge >= 0.3 is 0 Å². The van der Waals surface area contributed by atoms with Gasteiger partial charge in [-0.15, -0.1) is 0 Å². The monoisotopic (exact) mass is 256 g/mol. The molecule has 0 spiro atoms. The van der Waals surface area contributed by atoms with E-state index in [0.717, 1.165) is 17.2 Å². The van der Waals surface area contributed by atoms with Gasteiger partial charge in [0.1, 0.15) is 5.75 Å². The van der Waals surface area contributed by atoms with Crippen molar-refractivity contribution >= 4 is 0 Å². The zero-order valence-corrected chi connectivity index (χ0v) is 11.9. The predicted molar refractivity (Wildman–Crippen MR) is 78.3 cm³/mol. The molecule has 0 fully saturated rings. The lowest BCUT2D eigenvalue weighted by Gasteiger charge is -2.13. The number of hydrogen-bond acceptors (Lipinski definition) is 2. The summed E-state index contributed by atoms with van der Waals surface area (Å²) < 4.78 is 11.3. The van der Waals surface area contributed by atoms with Crippen LogP contribution in [0.3, 0.4) is 0 Å². The largest absolute Gasteiger partial charge is 0.493 e. The van der Waals surface area contributed by atoms with Gasteiger partial charge in [-0.05, 0) is 42.7 Å². The lowest BCUT2D eigenvalue weighted by atomic mass is 10.0. The molecule has 0 aliphatic rings. The Labute approximate surface area is 115 Å². The van der Waals surface area contributed by atoms with Crippen molar-refractivity contribution in [3.05, 3.63) is 53.6 Å². The second-order valence-corrected chi connectivity index (χ2v) is 4.98. The van der Waals surface area contributed by atoms with Gasteiger partial charge in [-0.2, -0.15) is 0 Å². The van der Waals surface area contributed by atoms with Crippen LogP contribution in [0.2, 0.25) is 0 Å². The van der Waals surface area contributed by atoms with Crippen molar-refractivity contribution in [3.8, 4) is 17.2 Å². The average molecular weight is 256 g/mol. The Balaban J connectivity index is 2.31. The summed E-state index contributed by atoms with van der Waals surface area (Å²) >= 11 is 0. The standard InChI is InChI=1S/C17H20O2/c1-12(2)14-7-10-16(18-4)17(11-14)19-15-8-5-13(3)6-9-15/h5-12H,1-4H3. The van der Waals surface area contributed by atoms with E-state index in [0.29, 0.717) is 5.92 Å². The number of methoxy groups -OCH3 is 1. The van der Waals surface area contributed by atoms with Crippen LogP contribution in [0.25, 0.3) is 0 Å². The minimum absolute atomic E-state index is 0.464. The van der Waals surface area contributed by atoms with Crippen molar-refractivity contribution in [2.75, 3.05) is 7.11 Å². The highest BCUT2D eigenvalue weighted by molar-refractivity contribution is 5.46. The van der Waals surface area contributed by atoms with Gasteiger partial charge in [-0.1, -0.05) is 37.6 Å². The first-order chi connectivity index (χ1) is 9.10. The molecule has 0 bridgehead atoms. The molecule has 0 saturated carbocycles. The van der Waals surface area contributed by atoms with E-state index < -0.39 is 0 Å². The van der Waals surface area contributed by atoms with Crippen molar-refractivity contribution in [1.29, 1.82) is 0 Å². The summed E-state index contributed by atoms with van der Waals surface area (Å²) in [6.07, 6.45) is 0. The summed E-state index contributed by atoms with van der Waals surface area (Å²) in [4.78, 5) is 0. The molecule has 0 heterocycles. The second kappa shape index (κ2) is 5.79. The molecule has 0 atom stereocenters. The Morgan fingerprint density at radius 2 is 1.58 bits per heavy atom. The van der Waals surface area contributed by atoms with E-state index in [1.165, 1.54) is 11.1 Å². The van der Waals surface area contributed by atoms with Crippen molar-refractivity contribution in [3.63, 3.8) is 0 Å². The van der Waals surface area contributed by atoms with Crippen molar-refractivity contribution in [1.82, 2.24) is 0 Å². The molecule has 2 aromatic rings. The molecule has 0 radical (unpaired) electrons. The second-order valence-electron chi connectivity index (χ2n) is 4.98. The van der Waals surface area contributed by atoms with E-state index in [1.54, 1.807) is 7.11 Å². The Bertz CT molecular complexity index is 542. The first-order valence-electron chi connectivity index (χ1n) is 6.52. The molecule has 0 N–H and O–H groups in total. The Hall–Kier alpha value is -1.96. The molecule has 0 saturated heterocycles. The molecule has 2 nitrogen and oxygen atoms in total. The number of benzene rings is 2. The third-order valence-corrected chi connectivity index (χ3v) is 3.10. The Morgan fingerprint density at radius 3 is 2.16 bits per heavy atom. The third-order valence-electron chi connectivity index (χ3n) is 3.10. The van der Waals surface area contributed by atoms with Crippen LogP contribution >= 0.6 is 0 Å². The molecule has 2 rings (SSSR count). The molecule has 19 heavy (non-hydrogen) atoms. The van der Waals surface area contributed by atoms with Crippen LogP contribution in [0, 0.1) is 6.92 Å². The van der Waals surface area contributed by atoms with Crippen LogP contribution < -0.4 is 9.47 Å². The molecular weight excluding hydrogens is 236 g/mol. The van der Waals surface area contributed by atoms with Crippen LogP contribution in [-0.4, -0.2) is 7.11 Å². The topological polar surface area (TPSA) is 18.5 Å². The summed E-state index contributed by atoms with van der Waals surface area (Å²) in [6, 6.07) is 14.1. The fraction of sp³-hybridized carbons (Fsp3) is 0.294. The molecule has 2 heteroatoms. The van der Waals surface area contributed by atoms with E-state index in [-0.39, 0.29) is 0 Å². The van der Waals surface area contributed by atoms with E-state index in [4.69, 9.17) is 9.47 Å². The fourth-order valence-electron chi connectivity index (χ4n) is 1.87. The maximum atomic E-state index is 5.92. The third kappa shape index (κ3) is 3.28. The molecule has 0 aliphatic heterocycles. The predicted octanol–water partition coefficient (Wildman–Crippen LogP) is 4.92. The summed E-state index contributed by atoms with van der Waals surface area (Å²) in [5, 5.41) is 0. The lowest BCUT2D eigenvalue weighted by Crippen LogP contribution is -1.94. The molecule has 100 valence electrons. The number of aryl methyl sites for hydroxylation is 1. The number of rotatable bonds is 4. The Kier molecular flexibility index (Phi) is 4.10. The van der Waals surface area contributed by atoms with Crippen LogP contribution in [0.15, 0.2) is 42.5 Å². The van der Waals surface area contributed by atoms with Crippen LogP contribution in [-0.2, 0) is 0 Å². The molecular formula is C17H20O2. The molecule has 2 aromatic carbocycles. The van der Waals surface area contributed by atoms with Gasteiger partial charge in [0.25, 0.3) is 0 Å².